The number of halogens is 1. The monoisotopic (exact) mass is 430 g/mol. The zero-order chi connectivity index (χ0) is 19.4. The predicted octanol–water partition coefficient (Wildman–Crippen LogP) is 2.04. The van der Waals surface area contributed by atoms with E-state index >= 15 is 0 Å². The van der Waals surface area contributed by atoms with Gasteiger partial charge in [-0.05, 0) is 34.1 Å². The quantitative estimate of drug-likeness (QED) is 0.361. The van der Waals surface area contributed by atoms with Crippen molar-refractivity contribution in [3.05, 3.63) is 81.9 Å². The minimum absolute atomic E-state index is 0.261. The van der Waals surface area contributed by atoms with Crippen LogP contribution in [-0.4, -0.2) is 20.4 Å². The number of hydrogen-bond acceptors (Lipinski definition) is 6. The van der Waals surface area contributed by atoms with Gasteiger partial charge in [-0.15, -0.1) is 0 Å². The fourth-order valence-electron chi connectivity index (χ4n) is 2.48. The Kier molecular flexibility index (Phi) is 6.04. The van der Waals surface area contributed by atoms with Gasteiger partial charge in [-0.2, -0.15) is 10.5 Å². The molecular weight excluding hydrogens is 416 g/mol. The molecule has 2 aromatic carbocycles. The number of quaternary nitrogens is 2. The molecule has 0 bridgehead atoms. The molecule has 0 saturated carbocycles. The highest BCUT2D eigenvalue weighted by Crippen LogP contribution is 2.24. The second-order valence-electron chi connectivity index (χ2n) is 5.55. The van der Waals surface area contributed by atoms with Crippen LogP contribution in [0.2, 0.25) is 0 Å². The van der Waals surface area contributed by atoms with Crippen LogP contribution >= 0.6 is 15.9 Å². The van der Waals surface area contributed by atoms with Gasteiger partial charge >= 0.3 is 0 Å². The molecule has 4 rings (SSSR count). The van der Waals surface area contributed by atoms with Gasteiger partial charge in [0.25, 0.3) is 0 Å². The summed E-state index contributed by atoms with van der Waals surface area (Å²) < 4.78 is 0.702. The summed E-state index contributed by atoms with van der Waals surface area (Å²) in [7, 11) is 0. The lowest BCUT2D eigenvalue weighted by molar-refractivity contribution is -0.991. The summed E-state index contributed by atoms with van der Waals surface area (Å²) in [5, 5.41) is 38.8. The molecule has 2 unspecified atom stereocenters. The van der Waals surface area contributed by atoms with Gasteiger partial charge in [0.2, 0.25) is 0 Å². The van der Waals surface area contributed by atoms with Gasteiger partial charge in [0.05, 0.1) is 11.0 Å². The van der Waals surface area contributed by atoms with E-state index in [0.29, 0.717) is 10.2 Å². The Morgan fingerprint density at radius 2 is 1.41 bits per heavy atom. The number of nitrogens with one attached hydrogen (secondary N) is 2. The lowest BCUT2D eigenvalue weighted by atomic mass is 10.2. The molecule has 2 heterocycles. The van der Waals surface area contributed by atoms with Gasteiger partial charge in [0.1, 0.15) is 0 Å². The van der Waals surface area contributed by atoms with Crippen LogP contribution in [0, 0.1) is 10.4 Å². The first-order valence-electron chi connectivity index (χ1n) is 7.81. The minimum Gasteiger partial charge on any atom is -0.595 e. The normalized spacial score (nSPS) is 13.1. The number of nitrogens with zero attached hydrogens (tertiary/aromatic N) is 2. The van der Waals surface area contributed by atoms with E-state index < -0.39 is 10.5 Å². The van der Waals surface area contributed by atoms with Crippen molar-refractivity contribution in [2.75, 3.05) is 0 Å². The second kappa shape index (κ2) is 8.46. The average Bonchev–Trinajstić information content (AvgIpc) is 2.68. The summed E-state index contributed by atoms with van der Waals surface area (Å²) in [6.07, 6.45) is 3.36. The van der Waals surface area contributed by atoms with Crippen molar-refractivity contribution >= 4 is 49.1 Å². The van der Waals surface area contributed by atoms with E-state index in [1.807, 2.05) is 12.1 Å². The number of rotatable bonds is 2. The van der Waals surface area contributed by atoms with Crippen molar-refractivity contribution < 1.29 is 20.9 Å². The molecule has 27 heavy (non-hydrogen) atoms. The molecule has 4 aromatic rings. The van der Waals surface area contributed by atoms with Crippen LogP contribution in [0.1, 0.15) is 0 Å². The Hall–Kier alpha value is -2.50. The highest BCUT2D eigenvalue weighted by molar-refractivity contribution is 9.10. The molecule has 138 valence electrons. The molecule has 2 atom stereocenters. The number of hydrogen-bond donors (Lipinski definition) is 4. The lowest BCUT2D eigenvalue weighted by Crippen LogP contribution is -2.99. The lowest BCUT2D eigenvalue weighted by Gasteiger charge is -2.12. The van der Waals surface area contributed by atoms with Crippen molar-refractivity contribution in [1.82, 2.24) is 9.97 Å². The van der Waals surface area contributed by atoms with Gasteiger partial charge in [-0.3, -0.25) is 9.97 Å². The Morgan fingerprint density at radius 3 is 2.11 bits per heavy atom. The van der Waals surface area contributed by atoms with Crippen molar-refractivity contribution in [2.45, 2.75) is 0 Å². The molecule has 0 saturated heterocycles. The Bertz CT molecular complexity index is 1080. The van der Waals surface area contributed by atoms with Crippen LogP contribution in [0.4, 0.5) is 11.4 Å². The Balaban J connectivity index is 0.000000156. The Labute approximate surface area is 162 Å². The smallest absolute Gasteiger partial charge is 0.165 e. The van der Waals surface area contributed by atoms with Crippen LogP contribution in [-0.2, 0) is 0 Å². The van der Waals surface area contributed by atoms with E-state index in [2.05, 4.69) is 25.9 Å². The standard InChI is InChI=1S/C9H7BrN2O2.C9H8N2O2/c10-8-5-7(12(13)14)4-6-2-1-3-11-9(6)8;12-11(13)8-3-4-9-7(6-8)2-1-5-10-9/h1-5,12-13H;1-6,11-12H. The highest BCUT2D eigenvalue weighted by atomic mass is 79.9. The van der Waals surface area contributed by atoms with E-state index in [1.54, 1.807) is 54.9 Å². The molecule has 0 aliphatic carbocycles. The largest absolute Gasteiger partial charge is 0.595 e. The van der Waals surface area contributed by atoms with Crippen LogP contribution in [0.15, 0.2) is 71.5 Å². The van der Waals surface area contributed by atoms with E-state index in [-0.39, 0.29) is 5.69 Å². The summed E-state index contributed by atoms with van der Waals surface area (Å²) in [4.78, 5) is 8.23. The predicted molar refractivity (Wildman–Crippen MR) is 103 cm³/mol. The first kappa shape index (κ1) is 19.3. The maximum Gasteiger partial charge on any atom is 0.165 e. The molecule has 0 aliphatic rings. The SMILES string of the molecule is [O-][NH+](O)c1cc(Br)c2ncccc2c1.[O-][NH+](O)c1ccc2ncccc2c1. The van der Waals surface area contributed by atoms with E-state index in [1.165, 1.54) is 0 Å². The summed E-state index contributed by atoms with van der Waals surface area (Å²) >= 11 is 3.29. The number of aromatic nitrogens is 2. The number of fused-ring (bicyclic) bond motifs is 2. The molecule has 9 heteroatoms. The van der Waals surface area contributed by atoms with E-state index in [0.717, 1.165) is 21.8 Å². The van der Waals surface area contributed by atoms with Gasteiger partial charge in [-0.1, -0.05) is 12.1 Å². The van der Waals surface area contributed by atoms with Gasteiger partial charge in [0.15, 0.2) is 11.4 Å². The first-order valence-corrected chi connectivity index (χ1v) is 8.60. The maximum atomic E-state index is 10.8. The van der Waals surface area contributed by atoms with Crippen LogP contribution in [0.25, 0.3) is 21.8 Å². The van der Waals surface area contributed by atoms with Crippen LogP contribution in [0.5, 0.6) is 0 Å². The second-order valence-corrected chi connectivity index (χ2v) is 6.41. The molecular formula is C18H15BrN4O4. The number of benzene rings is 2. The zero-order valence-electron chi connectivity index (χ0n) is 13.8. The summed E-state index contributed by atoms with van der Waals surface area (Å²) in [6, 6.07) is 15.3. The third kappa shape index (κ3) is 4.62. The van der Waals surface area contributed by atoms with Crippen molar-refractivity contribution in [3.8, 4) is 0 Å². The van der Waals surface area contributed by atoms with Crippen molar-refractivity contribution in [1.29, 1.82) is 0 Å². The molecule has 2 aromatic heterocycles. The molecule has 0 fully saturated rings. The fraction of sp³-hybridized carbons (Fsp3) is 0. The maximum absolute atomic E-state index is 10.8. The minimum atomic E-state index is -0.934. The first-order chi connectivity index (χ1) is 13.0. The van der Waals surface area contributed by atoms with E-state index in [4.69, 9.17) is 10.4 Å². The van der Waals surface area contributed by atoms with Crippen molar-refractivity contribution in [2.24, 2.45) is 0 Å². The Morgan fingerprint density at radius 1 is 0.778 bits per heavy atom. The van der Waals surface area contributed by atoms with Crippen LogP contribution < -0.4 is 10.5 Å². The third-order valence-electron chi connectivity index (χ3n) is 3.76. The van der Waals surface area contributed by atoms with Gasteiger partial charge in [0, 0.05) is 51.9 Å². The third-order valence-corrected chi connectivity index (χ3v) is 4.36. The van der Waals surface area contributed by atoms with Gasteiger partial charge < -0.3 is 10.4 Å². The summed E-state index contributed by atoms with van der Waals surface area (Å²) in [5.74, 6) is 0. The average molecular weight is 431 g/mol. The number of pyridine rings is 2. The van der Waals surface area contributed by atoms with Crippen LogP contribution in [0.3, 0.4) is 0 Å². The molecule has 0 radical (unpaired) electrons. The fourth-order valence-corrected chi connectivity index (χ4v) is 3.06. The summed E-state index contributed by atoms with van der Waals surface area (Å²) in [6.45, 7) is 0. The molecule has 8 nitrogen and oxygen atoms in total. The van der Waals surface area contributed by atoms with Crippen molar-refractivity contribution in [3.63, 3.8) is 0 Å². The highest BCUT2D eigenvalue weighted by Gasteiger charge is 2.06. The topological polar surface area (TPSA) is 121 Å². The van der Waals surface area contributed by atoms with E-state index in [9.17, 15) is 10.4 Å². The molecule has 4 N–H and O–H groups in total. The zero-order valence-corrected chi connectivity index (χ0v) is 15.4. The molecule has 0 aliphatic heterocycles. The molecule has 0 amide bonds. The van der Waals surface area contributed by atoms with Gasteiger partial charge in [-0.25, -0.2) is 10.4 Å². The molecule has 0 spiro atoms. The summed E-state index contributed by atoms with van der Waals surface area (Å²) in [5.41, 5.74) is 2.14.